The van der Waals surface area contributed by atoms with Crippen LogP contribution in [-0.4, -0.2) is 77.7 Å². The minimum atomic E-state index is -0.749. The van der Waals surface area contributed by atoms with Crippen LogP contribution in [-0.2, 0) is 14.3 Å². The van der Waals surface area contributed by atoms with Crippen LogP contribution in [0.1, 0.15) is 12.0 Å². The second-order valence-corrected chi connectivity index (χ2v) is 8.97. The van der Waals surface area contributed by atoms with Crippen molar-refractivity contribution in [2.75, 3.05) is 55.7 Å². The number of hydrogen-bond donors (Lipinski definition) is 1. The Morgan fingerprint density at radius 3 is 2.66 bits per heavy atom. The van der Waals surface area contributed by atoms with E-state index < -0.39 is 11.2 Å². The fourth-order valence-electron chi connectivity index (χ4n) is 4.92. The van der Waals surface area contributed by atoms with Crippen LogP contribution < -0.4 is 9.80 Å². The number of likely N-dealkylation sites (tertiary alicyclic amines) is 1. The standard InChI is InChI=1S/C24H23FN6O4/c1-2-18(33)30-12-24(13-30)10-19(34)31(14-24)22-15(11-26)21(20-16(25)4-3-5-17(20)32)27-23(28-22)29-6-8-35-9-7-29/h2-5,32H,1,6-10,12-14H2. The molecule has 0 radical (unpaired) electrons. The first-order valence-electron chi connectivity index (χ1n) is 11.2. The molecule has 180 valence electrons. The molecule has 3 aliphatic rings. The molecule has 5 rings (SSSR count). The summed E-state index contributed by atoms with van der Waals surface area (Å²) in [5.74, 6) is -1.29. The zero-order valence-corrected chi connectivity index (χ0v) is 18.9. The normalized spacial score (nSPS) is 19.0. The monoisotopic (exact) mass is 478 g/mol. The van der Waals surface area contributed by atoms with Crippen LogP contribution in [0.25, 0.3) is 11.3 Å². The number of phenolic OH excluding ortho intramolecular Hbond substituents is 1. The highest BCUT2D eigenvalue weighted by Crippen LogP contribution is 2.44. The van der Waals surface area contributed by atoms with Crippen molar-refractivity contribution in [1.29, 1.82) is 5.26 Å². The van der Waals surface area contributed by atoms with Gasteiger partial charge in [0.25, 0.3) is 0 Å². The van der Waals surface area contributed by atoms with Gasteiger partial charge in [-0.2, -0.15) is 10.2 Å². The second-order valence-electron chi connectivity index (χ2n) is 8.97. The first kappa shape index (κ1) is 22.7. The summed E-state index contributed by atoms with van der Waals surface area (Å²) in [5, 5.41) is 20.5. The highest BCUT2D eigenvalue weighted by molar-refractivity contribution is 5.99. The molecule has 0 bridgehead atoms. The van der Waals surface area contributed by atoms with E-state index in [2.05, 4.69) is 16.5 Å². The number of carbonyl (C=O) groups is 2. The molecule has 1 aromatic heterocycles. The van der Waals surface area contributed by atoms with Gasteiger partial charge in [-0.15, -0.1) is 0 Å². The number of anilines is 2. The lowest BCUT2D eigenvalue weighted by Crippen LogP contribution is -2.59. The van der Waals surface area contributed by atoms with Gasteiger partial charge in [0.05, 0.1) is 18.8 Å². The van der Waals surface area contributed by atoms with Gasteiger partial charge >= 0.3 is 0 Å². The molecule has 4 heterocycles. The van der Waals surface area contributed by atoms with E-state index in [1.165, 1.54) is 29.2 Å². The van der Waals surface area contributed by atoms with Crippen LogP contribution in [0.5, 0.6) is 5.75 Å². The molecule has 0 saturated carbocycles. The maximum Gasteiger partial charge on any atom is 0.245 e. The smallest absolute Gasteiger partial charge is 0.245 e. The number of nitriles is 1. The number of benzene rings is 1. The van der Waals surface area contributed by atoms with Gasteiger partial charge in [0.2, 0.25) is 17.8 Å². The van der Waals surface area contributed by atoms with E-state index in [-0.39, 0.29) is 59.1 Å². The Kier molecular flexibility index (Phi) is 5.61. The molecule has 10 nitrogen and oxygen atoms in total. The van der Waals surface area contributed by atoms with Gasteiger partial charge in [0.15, 0.2) is 5.82 Å². The molecule has 1 N–H and O–H groups in total. The topological polar surface area (TPSA) is 123 Å². The van der Waals surface area contributed by atoms with Gasteiger partial charge in [-0.1, -0.05) is 12.6 Å². The van der Waals surface area contributed by atoms with Crippen LogP contribution in [0, 0.1) is 22.6 Å². The number of morpholine rings is 1. The number of rotatable bonds is 4. The average molecular weight is 478 g/mol. The third kappa shape index (κ3) is 3.85. The highest BCUT2D eigenvalue weighted by Gasteiger charge is 2.53. The van der Waals surface area contributed by atoms with E-state index in [4.69, 9.17) is 4.74 Å². The summed E-state index contributed by atoms with van der Waals surface area (Å²) in [7, 11) is 0. The lowest BCUT2D eigenvalue weighted by molar-refractivity contribution is -0.138. The number of hydrogen-bond acceptors (Lipinski definition) is 8. The highest BCUT2D eigenvalue weighted by atomic mass is 19.1. The maximum absolute atomic E-state index is 14.9. The Labute approximate surface area is 200 Å². The Morgan fingerprint density at radius 2 is 2.00 bits per heavy atom. The largest absolute Gasteiger partial charge is 0.507 e. The Morgan fingerprint density at radius 1 is 1.26 bits per heavy atom. The predicted octanol–water partition coefficient (Wildman–Crippen LogP) is 1.45. The fraction of sp³-hybridized carbons (Fsp3) is 0.375. The molecule has 0 atom stereocenters. The van der Waals surface area contributed by atoms with Crippen molar-refractivity contribution in [2.45, 2.75) is 6.42 Å². The number of aromatic nitrogens is 2. The van der Waals surface area contributed by atoms with E-state index in [9.17, 15) is 24.3 Å². The fourth-order valence-corrected chi connectivity index (χ4v) is 4.92. The third-order valence-corrected chi connectivity index (χ3v) is 6.63. The summed E-state index contributed by atoms with van der Waals surface area (Å²) in [6.45, 7) is 6.38. The van der Waals surface area contributed by atoms with E-state index >= 15 is 0 Å². The number of amides is 2. The van der Waals surface area contributed by atoms with Gasteiger partial charge in [-0.25, -0.2) is 9.37 Å². The molecule has 3 fully saturated rings. The Bertz CT molecular complexity index is 1240. The van der Waals surface area contributed by atoms with Crippen LogP contribution >= 0.6 is 0 Å². The molecule has 0 unspecified atom stereocenters. The zero-order valence-electron chi connectivity index (χ0n) is 18.9. The molecule has 2 amide bonds. The molecular formula is C24H23FN6O4. The van der Waals surface area contributed by atoms with Crippen molar-refractivity contribution < 1.29 is 23.8 Å². The van der Waals surface area contributed by atoms with E-state index in [0.29, 0.717) is 39.4 Å². The van der Waals surface area contributed by atoms with Crippen molar-refractivity contribution in [3.05, 3.63) is 42.2 Å². The molecule has 11 heteroatoms. The number of carbonyl (C=O) groups excluding carboxylic acids is 2. The van der Waals surface area contributed by atoms with Gasteiger partial charge in [-0.3, -0.25) is 14.5 Å². The molecule has 1 spiro atoms. The van der Waals surface area contributed by atoms with Gasteiger partial charge in [0, 0.05) is 44.6 Å². The van der Waals surface area contributed by atoms with Gasteiger partial charge < -0.3 is 19.6 Å². The number of aromatic hydroxyl groups is 1. The van der Waals surface area contributed by atoms with E-state index in [1.807, 2.05) is 11.0 Å². The Balaban J connectivity index is 1.60. The van der Waals surface area contributed by atoms with Crippen LogP contribution in [0.2, 0.25) is 0 Å². The van der Waals surface area contributed by atoms with Crippen molar-refractivity contribution in [3.63, 3.8) is 0 Å². The summed E-state index contributed by atoms with van der Waals surface area (Å²) in [5.41, 5.74) is -0.867. The summed E-state index contributed by atoms with van der Waals surface area (Å²) >= 11 is 0. The van der Waals surface area contributed by atoms with E-state index in [0.717, 1.165) is 0 Å². The lowest BCUT2D eigenvalue weighted by Gasteiger charge is -2.47. The van der Waals surface area contributed by atoms with Crippen LogP contribution in [0.4, 0.5) is 16.2 Å². The van der Waals surface area contributed by atoms with Crippen LogP contribution in [0.15, 0.2) is 30.9 Å². The quantitative estimate of drug-likeness (QED) is 0.655. The zero-order chi connectivity index (χ0) is 24.7. The number of nitrogens with zero attached hydrogens (tertiary/aromatic N) is 6. The predicted molar refractivity (Wildman–Crippen MR) is 123 cm³/mol. The van der Waals surface area contributed by atoms with Gasteiger partial charge in [0.1, 0.15) is 28.9 Å². The lowest BCUT2D eigenvalue weighted by atomic mass is 9.79. The average Bonchev–Trinajstić information content (AvgIpc) is 3.20. The molecular weight excluding hydrogens is 455 g/mol. The van der Waals surface area contributed by atoms with E-state index in [1.54, 1.807) is 4.90 Å². The van der Waals surface area contributed by atoms with Crippen LogP contribution in [0.3, 0.4) is 0 Å². The molecule has 0 aliphatic carbocycles. The van der Waals surface area contributed by atoms with Crippen molar-refractivity contribution >= 4 is 23.6 Å². The SMILES string of the molecule is C=CC(=O)N1CC2(CC(=O)N(c3nc(N4CCOCC4)nc(-c4c(O)cccc4F)c3C#N)C2)C1. The maximum atomic E-state index is 14.9. The second kappa shape index (κ2) is 8.63. The molecule has 1 aromatic carbocycles. The summed E-state index contributed by atoms with van der Waals surface area (Å²) in [6, 6.07) is 5.86. The van der Waals surface area contributed by atoms with Gasteiger partial charge in [-0.05, 0) is 18.2 Å². The minimum absolute atomic E-state index is 0.0667. The third-order valence-electron chi connectivity index (χ3n) is 6.63. The molecule has 2 aromatic rings. The number of phenols is 1. The first-order valence-corrected chi connectivity index (χ1v) is 11.2. The van der Waals surface area contributed by atoms with Crippen molar-refractivity contribution in [1.82, 2.24) is 14.9 Å². The molecule has 3 saturated heterocycles. The van der Waals surface area contributed by atoms with Crippen molar-refractivity contribution in [2.24, 2.45) is 5.41 Å². The first-order chi connectivity index (χ1) is 16.9. The minimum Gasteiger partial charge on any atom is -0.507 e. The number of halogens is 1. The summed E-state index contributed by atoms with van der Waals surface area (Å²) < 4.78 is 20.3. The summed E-state index contributed by atoms with van der Waals surface area (Å²) in [6.07, 6.45) is 1.43. The van der Waals surface area contributed by atoms with Crippen molar-refractivity contribution in [3.8, 4) is 23.1 Å². The Hall–Kier alpha value is -4.04. The number of ether oxygens (including phenoxy) is 1. The summed E-state index contributed by atoms with van der Waals surface area (Å²) in [4.78, 5) is 39.0. The molecule has 3 aliphatic heterocycles. The molecule has 35 heavy (non-hydrogen) atoms.